The summed E-state index contributed by atoms with van der Waals surface area (Å²) in [6.45, 7) is 1.31. The molecule has 0 spiro atoms. The quantitative estimate of drug-likeness (QED) is 0.896. The second-order valence-corrected chi connectivity index (χ2v) is 6.64. The Hall–Kier alpha value is -1.69. The van der Waals surface area contributed by atoms with Gasteiger partial charge in [-0.1, -0.05) is 42.5 Å². The molecule has 1 saturated heterocycles. The van der Waals surface area contributed by atoms with Gasteiger partial charge in [0.1, 0.15) is 0 Å². The van der Waals surface area contributed by atoms with Crippen molar-refractivity contribution < 1.29 is 8.42 Å². The van der Waals surface area contributed by atoms with Crippen molar-refractivity contribution in [3.8, 4) is 11.1 Å². The van der Waals surface area contributed by atoms with Crippen molar-refractivity contribution in [2.24, 2.45) is 0 Å². The molecule has 1 aliphatic heterocycles. The van der Waals surface area contributed by atoms with E-state index in [-0.39, 0.29) is 4.90 Å². The van der Waals surface area contributed by atoms with Gasteiger partial charge in [0.15, 0.2) is 5.50 Å². The lowest BCUT2D eigenvalue weighted by atomic mass is 10.1. The third-order valence-electron chi connectivity index (χ3n) is 3.28. The molecule has 1 heterocycles. The molecular formula is C15H15N2O2S. The zero-order valence-corrected chi connectivity index (χ0v) is 11.7. The van der Waals surface area contributed by atoms with Gasteiger partial charge in [-0.2, -0.15) is 0 Å². The van der Waals surface area contributed by atoms with Crippen LogP contribution in [0.1, 0.15) is 0 Å². The average molecular weight is 287 g/mol. The molecule has 2 aromatic carbocycles. The van der Waals surface area contributed by atoms with Gasteiger partial charge in [-0.15, -0.1) is 0 Å². The number of sulfone groups is 1. The highest BCUT2D eigenvalue weighted by Gasteiger charge is 2.29. The van der Waals surface area contributed by atoms with Gasteiger partial charge in [0, 0.05) is 19.2 Å². The van der Waals surface area contributed by atoms with Crippen LogP contribution in [0.25, 0.3) is 11.1 Å². The second-order valence-electron chi connectivity index (χ2n) is 4.64. The molecule has 2 aromatic rings. The van der Waals surface area contributed by atoms with Crippen LogP contribution in [-0.2, 0) is 9.84 Å². The molecule has 0 bridgehead atoms. The van der Waals surface area contributed by atoms with Gasteiger partial charge in [0.25, 0.3) is 0 Å². The Labute approximate surface area is 118 Å². The van der Waals surface area contributed by atoms with Crippen molar-refractivity contribution in [1.82, 2.24) is 10.6 Å². The van der Waals surface area contributed by atoms with Gasteiger partial charge >= 0.3 is 0 Å². The molecule has 0 aliphatic carbocycles. The van der Waals surface area contributed by atoms with E-state index >= 15 is 0 Å². The number of nitrogens with one attached hydrogen (secondary N) is 2. The summed E-state index contributed by atoms with van der Waals surface area (Å²) >= 11 is 0. The molecule has 5 heteroatoms. The summed E-state index contributed by atoms with van der Waals surface area (Å²) in [6.07, 6.45) is 0. The van der Waals surface area contributed by atoms with Crippen LogP contribution in [0.2, 0.25) is 0 Å². The Morgan fingerprint density at radius 3 is 2.40 bits per heavy atom. The zero-order valence-electron chi connectivity index (χ0n) is 10.8. The third-order valence-corrected chi connectivity index (χ3v) is 5.09. The van der Waals surface area contributed by atoms with E-state index < -0.39 is 15.3 Å². The molecule has 1 aliphatic rings. The van der Waals surface area contributed by atoms with Crippen molar-refractivity contribution in [3.05, 3.63) is 54.6 Å². The molecule has 0 saturated carbocycles. The summed E-state index contributed by atoms with van der Waals surface area (Å²) in [6, 6.07) is 17.7. The molecule has 1 radical (unpaired) electrons. The Morgan fingerprint density at radius 2 is 1.70 bits per heavy atom. The van der Waals surface area contributed by atoms with E-state index in [1.165, 1.54) is 0 Å². The SMILES string of the molecule is O=S(=O)(c1[c]ccc(-c2ccccc2)c1)C1NCCN1. The van der Waals surface area contributed by atoms with Crippen LogP contribution in [0.5, 0.6) is 0 Å². The summed E-state index contributed by atoms with van der Waals surface area (Å²) in [4.78, 5) is 0.214. The lowest BCUT2D eigenvalue weighted by Gasteiger charge is -2.13. The van der Waals surface area contributed by atoms with Crippen molar-refractivity contribution >= 4 is 9.84 Å². The number of rotatable bonds is 3. The van der Waals surface area contributed by atoms with Crippen LogP contribution < -0.4 is 10.6 Å². The standard InChI is InChI=1S/C15H15N2O2S/c18-20(19,15-16-9-10-17-15)14-8-4-7-13(11-14)12-5-2-1-3-6-12/h1-7,11,15-17H,9-10H2. The molecule has 1 fully saturated rings. The highest BCUT2D eigenvalue weighted by Crippen LogP contribution is 2.23. The predicted molar refractivity (Wildman–Crippen MR) is 77.7 cm³/mol. The molecule has 20 heavy (non-hydrogen) atoms. The van der Waals surface area contributed by atoms with Gasteiger partial charge < -0.3 is 0 Å². The minimum absolute atomic E-state index is 0.214. The van der Waals surface area contributed by atoms with E-state index in [1.54, 1.807) is 12.1 Å². The largest absolute Gasteiger partial charge is 0.288 e. The van der Waals surface area contributed by atoms with E-state index in [0.29, 0.717) is 13.1 Å². The topological polar surface area (TPSA) is 58.2 Å². The number of benzene rings is 2. The van der Waals surface area contributed by atoms with Crippen molar-refractivity contribution in [1.29, 1.82) is 0 Å². The highest BCUT2D eigenvalue weighted by atomic mass is 32.2. The Balaban J connectivity index is 1.99. The van der Waals surface area contributed by atoms with Gasteiger partial charge in [0.05, 0.1) is 4.90 Å². The minimum atomic E-state index is -3.45. The first-order valence-corrected chi connectivity index (χ1v) is 8.00. The normalized spacial score (nSPS) is 16.4. The molecule has 0 unspecified atom stereocenters. The average Bonchev–Trinajstić information content (AvgIpc) is 3.03. The first kappa shape index (κ1) is 13.3. The molecule has 103 valence electrons. The Kier molecular flexibility index (Phi) is 3.56. The third kappa shape index (κ3) is 2.47. The zero-order chi connectivity index (χ0) is 14.0. The molecule has 2 N–H and O–H groups in total. The number of hydrogen-bond acceptors (Lipinski definition) is 4. The van der Waals surface area contributed by atoms with Crippen LogP contribution in [0, 0.1) is 6.07 Å². The summed E-state index contributed by atoms with van der Waals surface area (Å²) in [5.74, 6) is 0. The van der Waals surface area contributed by atoms with Gasteiger partial charge in [-0.25, -0.2) is 8.42 Å². The van der Waals surface area contributed by atoms with Crippen LogP contribution >= 0.6 is 0 Å². The first-order valence-electron chi connectivity index (χ1n) is 6.46. The molecule has 4 nitrogen and oxygen atoms in total. The van der Waals surface area contributed by atoms with E-state index in [2.05, 4.69) is 16.7 Å². The smallest absolute Gasteiger partial charge is 0.208 e. The van der Waals surface area contributed by atoms with Crippen LogP contribution in [0.4, 0.5) is 0 Å². The van der Waals surface area contributed by atoms with Gasteiger partial charge in [-0.3, -0.25) is 10.6 Å². The molecule has 0 amide bonds. The van der Waals surface area contributed by atoms with Crippen molar-refractivity contribution in [2.45, 2.75) is 10.4 Å². The van der Waals surface area contributed by atoms with E-state index in [0.717, 1.165) is 11.1 Å². The second kappa shape index (κ2) is 5.36. The Bertz CT molecular complexity index is 693. The number of hydrogen-bond donors (Lipinski definition) is 2. The summed E-state index contributed by atoms with van der Waals surface area (Å²) in [5, 5.41) is 5.87. The van der Waals surface area contributed by atoms with Crippen LogP contribution in [0.15, 0.2) is 53.4 Å². The van der Waals surface area contributed by atoms with E-state index in [9.17, 15) is 8.42 Å². The molecule has 0 atom stereocenters. The lowest BCUT2D eigenvalue weighted by molar-refractivity contribution is 0.561. The fourth-order valence-corrected chi connectivity index (χ4v) is 3.70. The minimum Gasteiger partial charge on any atom is -0.288 e. The van der Waals surface area contributed by atoms with E-state index in [1.807, 2.05) is 36.4 Å². The Morgan fingerprint density at radius 1 is 1.00 bits per heavy atom. The fraction of sp³-hybridized carbons (Fsp3) is 0.200. The lowest BCUT2D eigenvalue weighted by Crippen LogP contribution is -2.39. The van der Waals surface area contributed by atoms with Crippen molar-refractivity contribution in [3.63, 3.8) is 0 Å². The monoisotopic (exact) mass is 287 g/mol. The maximum atomic E-state index is 12.5. The van der Waals surface area contributed by atoms with Crippen LogP contribution in [-0.4, -0.2) is 27.0 Å². The molecule has 3 rings (SSSR count). The first-order chi connectivity index (χ1) is 9.68. The summed E-state index contributed by atoms with van der Waals surface area (Å²) < 4.78 is 24.9. The fourth-order valence-electron chi connectivity index (χ4n) is 2.24. The summed E-state index contributed by atoms with van der Waals surface area (Å²) in [5.41, 5.74) is 1.15. The highest BCUT2D eigenvalue weighted by molar-refractivity contribution is 7.92. The van der Waals surface area contributed by atoms with Gasteiger partial charge in [-0.05, 0) is 17.2 Å². The molecular weight excluding hydrogens is 272 g/mol. The predicted octanol–water partition coefficient (Wildman–Crippen LogP) is 1.40. The maximum Gasteiger partial charge on any atom is 0.208 e. The molecule has 0 aromatic heterocycles. The van der Waals surface area contributed by atoms with Crippen molar-refractivity contribution in [2.75, 3.05) is 13.1 Å². The van der Waals surface area contributed by atoms with Gasteiger partial charge in [0.2, 0.25) is 9.84 Å². The van der Waals surface area contributed by atoms with Crippen LogP contribution in [0.3, 0.4) is 0 Å². The maximum absolute atomic E-state index is 12.5. The van der Waals surface area contributed by atoms with E-state index in [4.69, 9.17) is 0 Å². The summed E-state index contributed by atoms with van der Waals surface area (Å²) in [7, 11) is -3.45.